The Morgan fingerprint density at radius 2 is 1.52 bits per heavy atom. The Hall–Kier alpha value is -1.81. The summed E-state index contributed by atoms with van der Waals surface area (Å²) in [4.78, 5) is 8.20. The molecule has 7 nitrogen and oxygen atoms in total. The van der Waals surface area contributed by atoms with E-state index in [0.717, 1.165) is 58.0 Å². The number of hydrogen-bond donors (Lipinski definition) is 0. The first-order valence-electron chi connectivity index (χ1n) is 10.9. The molecule has 0 atom stereocenters. The molecule has 1 aromatic carbocycles. The van der Waals surface area contributed by atoms with Gasteiger partial charge in [-0.2, -0.15) is 0 Å². The van der Waals surface area contributed by atoms with E-state index in [9.17, 15) is 0 Å². The maximum atomic E-state index is 6.69. The average molecular weight is 495 g/mol. The average Bonchev–Trinajstić information content (AvgIpc) is 2.83. The second-order valence-electron chi connectivity index (χ2n) is 7.59. The molecule has 1 heterocycles. The van der Waals surface area contributed by atoms with E-state index in [1.165, 1.54) is 0 Å². The molecule has 0 saturated heterocycles. The molecule has 0 amide bonds. The molecule has 0 bridgehead atoms. The van der Waals surface area contributed by atoms with Crippen molar-refractivity contribution in [3.05, 3.63) is 40.7 Å². The van der Waals surface area contributed by atoms with Crippen LogP contribution >= 0.6 is 22.9 Å². The highest BCUT2D eigenvalue weighted by atomic mass is 35.5. The van der Waals surface area contributed by atoms with Crippen molar-refractivity contribution in [3.8, 4) is 10.6 Å². The van der Waals surface area contributed by atoms with Crippen LogP contribution in [0.3, 0.4) is 0 Å². The van der Waals surface area contributed by atoms with Crippen LogP contribution in [0.2, 0.25) is 5.02 Å². The number of rotatable bonds is 13. The van der Waals surface area contributed by atoms with E-state index in [1.54, 1.807) is 39.8 Å². The van der Waals surface area contributed by atoms with Gasteiger partial charge in [-0.15, -0.1) is 11.3 Å². The van der Waals surface area contributed by atoms with E-state index in [4.69, 9.17) is 35.5 Å². The van der Waals surface area contributed by atoms with Crippen molar-refractivity contribution in [2.45, 2.75) is 0 Å². The van der Waals surface area contributed by atoms with E-state index in [2.05, 4.69) is 33.7 Å². The summed E-state index contributed by atoms with van der Waals surface area (Å²) in [6, 6.07) is 10.5. The number of benzene rings is 2. The van der Waals surface area contributed by atoms with Crippen molar-refractivity contribution < 1.29 is 18.9 Å². The Balaban J connectivity index is 2.08. The summed E-state index contributed by atoms with van der Waals surface area (Å²) in [6.45, 7) is 5.65. The molecule has 0 radical (unpaired) electrons. The van der Waals surface area contributed by atoms with Gasteiger partial charge in [0, 0.05) is 59.3 Å². The molecule has 1 aliphatic heterocycles. The molecule has 9 heteroatoms. The summed E-state index contributed by atoms with van der Waals surface area (Å²) in [5.41, 5.74) is 2.79. The van der Waals surface area contributed by atoms with Gasteiger partial charge in [-0.1, -0.05) is 11.6 Å². The molecule has 0 saturated carbocycles. The lowest BCUT2D eigenvalue weighted by atomic mass is 10.2. The molecular formula is C24H33ClN3O4S+. The van der Waals surface area contributed by atoms with Gasteiger partial charge in [0.15, 0.2) is 13.1 Å². The fourth-order valence-electron chi connectivity index (χ4n) is 3.59. The molecule has 2 aliphatic rings. The zero-order chi connectivity index (χ0) is 23.6. The van der Waals surface area contributed by atoms with E-state index in [0.29, 0.717) is 31.5 Å². The highest BCUT2D eigenvalue weighted by Gasteiger charge is 2.16. The van der Waals surface area contributed by atoms with Gasteiger partial charge in [0.2, 0.25) is 5.36 Å². The van der Waals surface area contributed by atoms with Crippen molar-refractivity contribution in [1.82, 2.24) is 9.56 Å². The second kappa shape index (κ2) is 13.2. The van der Waals surface area contributed by atoms with Gasteiger partial charge in [-0.25, -0.2) is 9.56 Å². The van der Waals surface area contributed by atoms with Gasteiger partial charge in [0.1, 0.15) is 13.2 Å². The normalized spacial score (nSPS) is 11.4. The highest BCUT2D eigenvalue weighted by molar-refractivity contribution is 7.21. The monoisotopic (exact) mass is 494 g/mol. The molecule has 33 heavy (non-hydrogen) atoms. The van der Waals surface area contributed by atoms with Crippen LogP contribution in [-0.4, -0.2) is 86.0 Å². The van der Waals surface area contributed by atoms with Crippen molar-refractivity contribution >= 4 is 38.8 Å². The van der Waals surface area contributed by atoms with Crippen molar-refractivity contribution in [3.63, 3.8) is 0 Å². The minimum Gasteiger partial charge on any atom is -0.383 e. The van der Waals surface area contributed by atoms with Gasteiger partial charge in [0.05, 0.1) is 39.0 Å². The van der Waals surface area contributed by atoms with Gasteiger partial charge >= 0.3 is 0 Å². The molecular weight excluding hydrogens is 462 g/mol. The smallest absolute Gasteiger partial charge is 0.201 e. The van der Waals surface area contributed by atoms with Crippen LogP contribution in [0.1, 0.15) is 0 Å². The Kier molecular flexibility index (Phi) is 10.3. The third-order valence-corrected chi connectivity index (χ3v) is 6.77. The number of anilines is 1. The van der Waals surface area contributed by atoms with Crippen LogP contribution in [0, 0.1) is 0 Å². The number of ether oxygens (including phenoxy) is 4. The van der Waals surface area contributed by atoms with Crippen LogP contribution < -0.4 is 14.8 Å². The third-order valence-electron chi connectivity index (χ3n) is 5.40. The summed E-state index contributed by atoms with van der Waals surface area (Å²) >= 11 is 8.39. The third kappa shape index (κ3) is 6.85. The topological polar surface area (TPSA) is 56.1 Å². The van der Waals surface area contributed by atoms with Gasteiger partial charge in [-0.3, -0.25) is 0 Å². The molecule has 0 spiro atoms. The lowest BCUT2D eigenvalue weighted by Crippen LogP contribution is -2.35. The number of aromatic nitrogens is 1. The number of hydrogen-bond acceptors (Lipinski definition) is 7. The number of fused-ring (bicyclic) bond motifs is 2. The number of nitrogens with zero attached hydrogens (tertiary/aromatic N) is 3. The SMILES string of the molecule is COCCN(CCOC)c1cc(Cl)c2nc3ccc(=[N+](CCOC)CCOC)cc-3sc2c1. The summed E-state index contributed by atoms with van der Waals surface area (Å²) in [5.74, 6) is 0. The van der Waals surface area contributed by atoms with E-state index in [-0.39, 0.29) is 0 Å². The summed E-state index contributed by atoms with van der Waals surface area (Å²) in [5, 5.41) is 1.77. The summed E-state index contributed by atoms with van der Waals surface area (Å²) in [6.07, 6.45) is 0. The largest absolute Gasteiger partial charge is 0.383 e. The minimum absolute atomic E-state index is 0.626. The van der Waals surface area contributed by atoms with Crippen LogP contribution in [0.5, 0.6) is 0 Å². The van der Waals surface area contributed by atoms with Crippen molar-refractivity contribution in [2.75, 3.05) is 85.9 Å². The molecule has 0 fully saturated rings. The second-order valence-corrected chi connectivity index (χ2v) is 9.08. The fraction of sp³-hybridized carbons (Fsp3) is 0.500. The Labute approximate surface area is 204 Å². The van der Waals surface area contributed by atoms with E-state index >= 15 is 0 Å². The molecule has 0 aromatic heterocycles. The molecule has 1 aromatic rings. The number of methoxy groups -OCH3 is 4. The standard InChI is InChI=1S/C24H33ClN3O4S/c1-29-11-7-27(8-12-30-2)18-5-6-21-22(16-18)33-23-17-19(15-20(25)24(23)26-21)28(9-13-31-3)10-14-32-4/h5-6,15-17H,7-14H2,1-4H3/q+1. The molecule has 3 rings (SSSR count). The zero-order valence-corrected chi connectivity index (χ0v) is 21.4. The molecule has 0 unspecified atom stereocenters. The van der Waals surface area contributed by atoms with Crippen LogP contribution in [0.15, 0.2) is 30.3 Å². The quantitative estimate of drug-likeness (QED) is 0.268. The van der Waals surface area contributed by atoms with Crippen LogP contribution in [0.25, 0.3) is 20.8 Å². The van der Waals surface area contributed by atoms with Gasteiger partial charge in [0.25, 0.3) is 0 Å². The van der Waals surface area contributed by atoms with Crippen LogP contribution in [0.4, 0.5) is 5.69 Å². The Morgan fingerprint density at radius 1 is 0.879 bits per heavy atom. The fourth-order valence-corrected chi connectivity index (χ4v) is 4.97. The minimum atomic E-state index is 0.626. The lowest BCUT2D eigenvalue weighted by Gasteiger charge is -2.25. The van der Waals surface area contributed by atoms with E-state index in [1.807, 2.05) is 6.07 Å². The summed E-state index contributed by atoms with van der Waals surface area (Å²) < 4.78 is 24.5. The number of halogens is 1. The maximum Gasteiger partial charge on any atom is 0.201 e. The van der Waals surface area contributed by atoms with Crippen molar-refractivity contribution in [2.24, 2.45) is 0 Å². The first-order valence-corrected chi connectivity index (χ1v) is 12.1. The van der Waals surface area contributed by atoms with Crippen molar-refractivity contribution in [1.29, 1.82) is 0 Å². The first-order chi connectivity index (χ1) is 16.1. The highest BCUT2D eigenvalue weighted by Crippen LogP contribution is 2.36. The first kappa shape index (κ1) is 25.8. The predicted molar refractivity (Wildman–Crippen MR) is 136 cm³/mol. The Morgan fingerprint density at radius 3 is 2.12 bits per heavy atom. The predicted octanol–water partition coefficient (Wildman–Crippen LogP) is 3.22. The molecule has 1 aliphatic carbocycles. The van der Waals surface area contributed by atoms with Gasteiger partial charge < -0.3 is 23.8 Å². The van der Waals surface area contributed by atoms with Gasteiger partial charge in [-0.05, 0) is 18.2 Å². The Bertz CT molecular complexity index is 1060. The zero-order valence-electron chi connectivity index (χ0n) is 19.8. The van der Waals surface area contributed by atoms with Crippen LogP contribution in [-0.2, 0) is 18.9 Å². The molecule has 0 N–H and O–H groups in total. The summed E-state index contributed by atoms with van der Waals surface area (Å²) in [7, 11) is 6.86. The maximum absolute atomic E-state index is 6.69. The molecule has 180 valence electrons. The van der Waals surface area contributed by atoms with E-state index < -0.39 is 0 Å². The lowest BCUT2D eigenvalue weighted by molar-refractivity contribution is 0.170.